The molecule has 4 rings (SSSR count). The lowest BCUT2D eigenvalue weighted by Gasteiger charge is -2.30. The number of nitro groups is 1. The minimum atomic E-state index is -0.739. The molecule has 1 aromatic heterocycles. The van der Waals surface area contributed by atoms with Crippen LogP contribution in [0.3, 0.4) is 0 Å². The molecule has 3 aromatic rings. The summed E-state index contributed by atoms with van der Waals surface area (Å²) < 4.78 is 22.8. The van der Waals surface area contributed by atoms with E-state index in [4.69, 9.17) is 11.2 Å². The predicted molar refractivity (Wildman–Crippen MR) is 115 cm³/mol. The zero-order valence-corrected chi connectivity index (χ0v) is 17.0. The third kappa shape index (κ3) is 3.49. The van der Waals surface area contributed by atoms with Crippen LogP contribution in [0.4, 0.5) is 27.1 Å². The van der Waals surface area contributed by atoms with Crippen LogP contribution in [-0.4, -0.2) is 40.4 Å². The van der Waals surface area contributed by atoms with Crippen molar-refractivity contribution in [3.63, 3.8) is 0 Å². The molecule has 0 radical (unpaired) electrons. The van der Waals surface area contributed by atoms with Gasteiger partial charge in [0.2, 0.25) is 0 Å². The molecule has 10 heteroatoms. The first-order chi connectivity index (χ1) is 14.8. The highest BCUT2D eigenvalue weighted by Gasteiger charge is 2.22. The van der Waals surface area contributed by atoms with E-state index in [0.717, 1.165) is 23.3 Å². The quantitative estimate of drug-likeness (QED) is 0.392. The summed E-state index contributed by atoms with van der Waals surface area (Å²) in [4.78, 5) is 25.5. The van der Waals surface area contributed by atoms with Gasteiger partial charge in [0.25, 0.3) is 5.69 Å². The van der Waals surface area contributed by atoms with Gasteiger partial charge in [0.05, 0.1) is 40.4 Å². The fourth-order valence-corrected chi connectivity index (χ4v) is 3.82. The fraction of sp³-hybridized carbons (Fsp3) is 0.286. The average molecular weight is 425 g/mol. The zero-order chi connectivity index (χ0) is 22.3. The number of aromatic nitrogens is 2. The molecule has 1 N–H and O–H groups in total. The fourth-order valence-electron chi connectivity index (χ4n) is 3.82. The van der Waals surface area contributed by atoms with Crippen LogP contribution in [0.2, 0.25) is 0 Å². The number of rotatable bonds is 4. The number of hydrogen-bond acceptors (Lipinski definition) is 6. The number of terminal acetylenes is 1. The summed E-state index contributed by atoms with van der Waals surface area (Å²) in [7, 11) is 3.35. The van der Waals surface area contributed by atoms with Gasteiger partial charge in [-0.05, 0) is 12.1 Å². The van der Waals surface area contributed by atoms with Crippen molar-refractivity contribution in [2.75, 3.05) is 36.5 Å². The average Bonchev–Trinajstić information content (AvgIpc) is 2.98. The number of imidazole rings is 1. The molecule has 31 heavy (non-hydrogen) atoms. The van der Waals surface area contributed by atoms with E-state index in [1.54, 1.807) is 30.8 Å². The first-order valence-electron chi connectivity index (χ1n) is 9.55. The van der Waals surface area contributed by atoms with Crippen molar-refractivity contribution in [1.29, 1.82) is 0 Å². The summed E-state index contributed by atoms with van der Waals surface area (Å²) in [6, 6.07) is 5.54. The summed E-state index contributed by atoms with van der Waals surface area (Å²) in [5.41, 5.74) is 1.88. The number of nitro benzene ring substituents is 1. The maximum absolute atomic E-state index is 14.3. The number of aryl methyl sites for hydroxylation is 2. The molecule has 0 saturated carbocycles. The van der Waals surface area contributed by atoms with Crippen LogP contribution in [0, 0.1) is 28.3 Å². The van der Waals surface area contributed by atoms with Crippen molar-refractivity contribution in [2.24, 2.45) is 14.1 Å². The molecule has 0 amide bonds. The highest BCUT2D eigenvalue weighted by Crippen LogP contribution is 2.35. The Morgan fingerprint density at radius 2 is 1.90 bits per heavy atom. The van der Waals surface area contributed by atoms with Gasteiger partial charge in [-0.25, -0.2) is 9.18 Å². The first kappa shape index (κ1) is 20.4. The minimum Gasteiger partial charge on any atom is -0.378 e. The normalized spacial score (nSPS) is 13.9. The topological polar surface area (TPSA) is 94.6 Å². The Labute approximate surface area is 176 Å². The van der Waals surface area contributed by atoms with Gasteiger partial charge in [0.1, 0.15) is 11.5 Å². The second-order valence-electron chi connectivity index (χ2n) is 7.24. The van der Waals surface area contributed by atoms with Crippen molar-refractivity contribution in [1.82, 2.24) is 9.13 Å². The number of halogens is 1. The number of nitrogens with zero attached hydrogens (tertiary/aromatic N) is 4. The standard InChI is InChI=1S/C21H20FN5O4/c1-4-13-9-17(27(29)30)16(12-15(13)22)23-14-10-18-20(25(3)21(28)24(18)2)19(11-14)26-5-7-31-8-6-26/h1,9-12,23H,5-8H2,2-3H3. The van der Waals surface area contributed by atoms with Gasteiger partial charge in [0, 0.05) is 45.0 Å². The van der Waals surface area contributed by atoms with Gasteiger partial charge < -0.3 is 15.0 Å². The number of anilines is 3. The monoisotopic (exact) mass is 425 g/mol. The number of nitrogens with one attached hydrogen (secondary N) is 1. The van der Waals surface area contributed by atoms with E-state index in [9.17, 15) is 19.3 Å². The lowest BCUT2D eigenvalue weighted by molar-refractivity contribution is -0.384. The second-order valence-corrected chi connectivity index (χ2v) is 7.24. The van der Waals surface area contributed by atoms with Crippen LogP contribution in [0.1, 0.15) is 5.56 Å². The Kier molecular flexibility index (Phi) is 5.12. The van der Waals surface area contributed by atoms with Gasteiger partial charge in [-0.15, -0.1) is 6.42 Å². The van der Waals surface area contributed by atoms with Crippen LogP contribution in [0.25, 0.3) is 11.0 Å². The van der Waals surface area contributed by atoms with E-state index in [1.807, 2.05) is 0 Å². The second kappa shape index (κ2) is 7.77. The zero-order valence-electron chi connectivity index (χ0n) is 17.0. The molecule has 0 bridgehead atoms. The number of ether oxygens (including phenoxy) is 1. The summed E-state index contributed by atoms with van der Waals surface area (Å²) in [6.07, 6.45) is 5.24. The van der Waals surface area contributed by atoms with Crippen LogP contribution in [0.15, 0.2) is 29.1 Å². The number of morpholine rings is 1. The minimum absolute atomic E-state index is 0.0327. The molecule has 1 saturated heterocycles. The molecule has 2 aromatic carbocycles. The van der Waals surface area contributed by atoms with E-state index in [0.29, 0.717) is 37.5 Å². The van der Waals surface area contributed by atoms with E-state index < -0.39 is 10.7 Å². The van der Waals surface area contributed by atoms with Gasteiger partial charge >= 0.3 is 5.69 Å². The maximum atomic E-state index is 14.3. The molecular formula is C21H20FN5O4. The van der Waals surface area contributed by atoms with Gasteiger partial charge in [-0.3, -0.25) is 19.2 Å². The van der Waals surface area contributed by atoms with E-state index >= 15 is 0 Å². The van der Waals surface area contributed by atoms with Crippen LogP contribution >= 0.6 is 0 Å². The number of hydrogen-bond donors (Lipinski definition) is 1. The summed E-state index contributed by atoms with van der Waals surface area (Å²) in [5.74, 6) is 1.37. The molecule has 0 spiro atoms. The molecule has 0 aliphatic carbocycles. The smallest absolute Gasteiger partial charge is 0.328 e. The van der Waals surface area contributed by atoms with E-state index in [2.05, 4.69) is 16.1 Å². The predicted octanol–water partition coefficient (Wildman–Crippen LogP) is 2.49. The number of benzene rings is 2. The van der Waals surface area contributed by atoms with Crippen molar-refractivity contribution in [3.8, 4) is 12.3 Å². The molecule has 1 fully saturated rings. The van der Waals surface area contributed by atoms with Crippen molar-refractivity contribution in [3.05, 3.63) is 56.2 Å². The van der Waals surface area contributed by atoms with Gasteiger partial charge in [0.15, 0.2) is 0 Å². The maximum Gasteiger partial charge on any atom is 0.328 e. The molecule has 1 aliphatic heterocycles. The lowest BCUT2D eigenvalue weighted by atomic mass is 10.1. The molecular weight excluding hydrogens is 405 g/mol. The molecule has 0 atom stereocenters. The molecule has 2 heterocycles. The lowest BCUT2D eigenvalue weighted by Crippen LogP contribution is -2.36. The van der Waals surface area contributed by atoms with Crippen LogP contribution in [0.5, 0.6) is 0 Å². The SMILES string of the molecule is C#Cc1cc([N+](=O)[O-])c(Nc2cc(N3CCOCC3)c3c(c2)n(C)c(=O)n3C)cc1F. The van der Waals surface area contributed by atoms with E-state index in [-0.39, 0.29) is 22.6 Å². The summed E-state index contributed by atoms with van der Waals surface area (Å²) >= 11 is 0. The van der Waals surface area contributed by atoms with Crippen molar-refractivity contribution < 1.29 is 14.1 Å². The Morgan fingerprint density at radius 1 is 1.19 bits per heavy atom. The third-order valence-electron chi connectivity index (χ3n) is 5.41. The number of fused-ring (bicyclic) bond motifs is 1. The Bertz CT molecular complexity index is 1300. The molecule has 1 aliphatic rings. The molecule has 160 valence electrons. The summed E-state index contributed by atoms with van der Waals surface area (Å²) in [6.45, 7) is 2.36. The summed E-state index contributed by atoms with van der Waals surface area (Å²) in [5, 5.41) is 14.5. The van der Waals surface area contributed by atoms with Gasteiger partial charge in [-0.2, -0.15) is 0 Å². The van der Waals surface area contributed by atoms with Crippen LogP contribution < -0.4 is 15.9 Å². The Morgan fingerprint density at radius 3 is 2.55 bits per heavy atom. The third-order valence-corrected chi connectivity index (χ3v) is 5.41. The van der Waals surface area contributed by atoms with E-state index in [1.165, 1.54) is 4.57 Å². The van der Waals surface area contributed by atoms with Crippen molar-refractivity contribution in [2.45, 2.75) is 0 Å². The molecule has 9 nitrogen and oxygen atoms in total. The Balaban J connectivity index is 1.89. The highest BCUT2D eigenvalue weighted by atomic mass is 19.1. The van der Waals surface area contributed by atoms with Crippen molar-refractivity contribution >= 4 is 33.8 Å². The largest absolute Gasteiger partial charge is 0.378 e. The van der Waals surface area contributed by atoms with Crippen LogP contribution in [-0.2, 0) is 18.8 Å². The Hall–Kier alpha value is -3.84. The van der Waals surface area contributed by atoms with Gasteiger partial charge in [-0.1, -0.05) is 5.92 Å². The molecule has 0 unspecified atom stereocenters. The first-order valence-corrected chi connectivity index (χ1v) is 9.55. The highest BCUT2D eigenvalue weighted by molar-refractivity contribution is 5.94.